The number of likely N-dealkylation sites (tertiary alicyclic amines) is 2. The van der Waals surface area contributed by atoms with Gasteiger partial charge in [0.2, 0.25) is 0 Å². The number of carbonyl (C=O) groups excluding carboxylic acids is 1. The van der Waals surface area contributed by atoms with E-state index in [2.05, 4.69) is 15.0 Å². The van der Waals surface area contributed by atoms with E-state index in [1.54, 1.807) is 11.0 Å². The molecule has 0 saturated carbocycles. The molecule has 0 spiro atoms. The van der Waals surface area contributed by atoms with Crippen molar-refractivity contribution in [1.82, 2.24) is 24.4 Å². The number of amides is 1. The lowest BCUT2D eigenvalue weighted by atomic mass is 9.93. The maximum atomic E-state index is 12.4. The number of nitrogens with zero attached hydrogens (tertiary/aromatic N) is 4. The monoisotopic (exact) mass is 401 g/mol. The molecule has 0 aliphatic carbocycles. The van der Waals surface area contributed by atoms with Crippen LogP contribution < -0.4 is 5.56 Å². The number of piperidine rings is 1. The van der Waals surface area contributed by atoms with Gasteiger partial charge in [0.05, 0.1) is 11.9 Å². The van der Waals surface area contributed by atoms with Crippen molar-refractivity contribution in [2.75, 3.05) is 26.2 Å². The molecule has 0 bridgehead atoms. The molecular weight excluding hydrogens is 370 g/mol. The van der Waals surface area contributed by atoms with E-state index in [0.29, 0.717) is 13.1 Å². The second-order valence-corrected chi connectivity index (χ2v) is 9.21. The summed E-state index contributed by atoms with van der Waals surface area (Å²) in [6.07, 6.45) is 5.66. The number of hydrogen-bond donors (Lipinski definition) is 1. The maximum Gasteiger partial charge on any atom is 0.410 e. The fourth-order valence-electron chi connectivity index (χ4n) is 4.33. The van der Waals surface area contributed by atoms with Crippen LogP contribution in [0, 0.1) is 0 Å². The van der Waals surface area contributed by atoms with E-state index in [1.165, 1.54) is 12.8 Å². The van der Waals surface area contributed by atoms with E-state index >= 15 is 0 Å². The minimum Gasteiger partial charge on any atom is -0.444 e. The van der Waals surface area contributed by atoms with Crippen LogP contribution in [-0.4, -0.2) is 62.3 Å². The highest BCUT2D eigenvalue weighted by atomic mass is 16.6. The van der Waals surface area contributed by atoms with Gasteiger partial charge in [0.15, 0.2) is 0 Å². The lowest BCUT2D eigenvalue weighted by Crippen LogP contribution is -2.41. The molecule has 1 N–H and O–H groups in total. The Morgan fingerprint density at radius 2 is 1.90 bits per heavy atom. The SMILES string of the molecule is CC(C)(C)OC(=O)N1CCC(c2cc(=O)[nH]c3c(CN4CCCC4)cnn23)CC1. The van der Waals surface area contributed by atoms with Crippen molar-refractivity contribution in [3.05, 3.63) is 33.9 Å². The molecule has 1 amide bonds. The number of aromatic amines is 1. The summed E-state index contributed by atoms with van der Waals surface area (Å²) in [7, 11) is 0. The fourth-order valence-corrected chi connectivity index (χ4v) is 4.33. The molecule has 2 fully saturated rings. The summed E-state index contributed by atoms with van der Waals surface area (Å²) < 4.78 is 7.37. The second kappa shape index (κ2) is 7.82. The first-order chi connectivity index (χ1) is 13.8. The summed E-state index contributed by atoms with van der Waals surface area (Å²) in [4.78, 5) is 31.8. The highest BCUT2D eigenvalue weighted by Crippen LogP contribution is 2.29. The predicted octanol–water partition coefficient (Wildman–Crippen LogP) is 2.73. The third-order valence-corrected chi connectivity index (χ3v) is 5.77. The molecule has 158 valence electrons. The molecule has 8 nitrogen and oxygen atoms in total. The van der Waals surface area contributed by atoms with Gasteiger partial charge in [-0.05, 0) is 59.5 Å². The lowest BCUT2D eigenvalue weighted by molar-refractivity contribution is 0.0203. The van der Waals surface area contributed by atoms with Gasteiger partial charge in [-0.15, -0.1) is 0 Å². The number of aromatic nitrogens is 3. The largest absolute Gasteiger partial charge is 0.444 e. The summed E-state index contributed by atoms with van der Waals surface area (Å²) in [5, 5.41) is 4.59. The Bertz CT molecular complexity index is 928. The van der Waals surface area contributed by atoms with E-state index < -0.39 is 5.60 Å². The van der Waals surface area contributed by atoms with Crippen LogP contribution in [0.1, 0.15) is 63.6 Å². The Labute approximate surface area is 170 Å². The van der Waals surface area contributed by atoms with Crippen molar-refractivity contribution in [1.29, 1.82) is 0 Å². The number of hydrogen-bond acceptors (Lipinski definition) is 5. The first-order valence-electron chi connectivity index (χ1n) is 10.6. The molecule has 2 aromatic heterocycles. The smallest absolute Gasteiger partial charge is 0.410 e. The molecule has 2 aliphatic heterocycles. The standard InChI is InChI=1S/C21H31N5O3/c1-21(2,3)29-20(28)25-10-6-15(7-11-25)17-12-18(27)23-19-16(13-22-26(17)19)14-24-8-4-5-9-24/h12-13,15H,4-11,14H2,1-3H3,(H,23,27). The van der Waals surface area contributed by atoms with E-state index in [0.717, 1.165) is 49.4 Å². The molecule has 2 saturated heterocycles. The van der Waals surface area contributed by atoms with Gasteiger partial charge < -0.3 is 14.6 Å². The van der Waals surface area contributed by atoms with Crippen molar-refractivity contribution in [2.24, 2.45) is 0 Å². The van der Waals surface area contributed by atoms with Crippen LogP contribution in [-0.2, 0) is 11.3 Å². The van der Waals surface area contributed by atoms with Crippen LogP contribution in [0.15, 0.2) is 17.1 Å². The molecule has 0 radical (unpaired) electrons. The van der Waals surface area contributed by atoms with Crippen molar-refractivity contribution >= 4 is 11.7 Å². The predicted molar refractivity (Wildman–Crippen MR) is 110 cm³/mol. The Morgan fingerprint density at radius 3 is 2.55 bits per heavy atom. The molecule has 2 aromatic rings. The first-order valence-corrected chi connectivity index (χ1v) is 10.6. The molecular formula is C21H31N5O3. The Balaban J connectivity index is 1.50. The van der Waals surface area contributed by atoms with E-state index in [4.69, 9.17) is 4.74 Å². The maximum absolute atomic E-state index is 12.4. The zero-order valence-corrected chi connectivity index (χ0v) is 17.6. The van der Waals surface area contributed by atoms with Crippen LogP contribution in [0.2, 0.25) is 0 Å². The van der Waals surface area contributed by atoms with Crippen molar-refractivity contribution in [3.8, 4) is 0 Å². The van der Waals surface area contributed by atoms with Gasteiger partial charge in [-0.3, -0.25) is 9.69 Å². The molecule has 4 rings (SSSR count). The van der Waals surface area contributed by atoms with Crippen LogP contribution in [0.5, 0.6) is 0 Å². The summed E-state index contributed by atoms with van der Waals surface area (Å²) >= 11 is 0. The highest BCUT2D eigenvalue weighted by molar-refractivity contribution is 5.68. The summed E-state index contributed by atoms with van der Waals surface area (Å²) in [6, 6.07) is 1.66. The third kappa shape index (κ3) is 4.47. The van der Waals surface area contributed by atoms with Gasteiger partial charge in [0, 0.05) is 37.2 Å². The van der Waals surface area contributed by atoms with Crippen LogP contribution in [0.25, 0.3) is 5.65 Å². The zero-order chi connectivity index (χ0) is 20.6. The van der Waals surface area contributed by atoms with Crippen molar-refractivity contribution < 1.29 is 9.53 Å². The number of nitrogens with one attached hydrogen (secondary N) is 1. The van der Waals surface area contributed by atoms with E-state index in [-0.39, 0.29) is 17.6 Å². The minimum absolute atomic E-state index is 0.0924. The molecule has 0 aromatic carbocycles. The van der Waals surface area contributed by atoms with Crippen LogP contribution in [0.3, 0.4) is 0 Å². The molecule has 4 heterocycles. The highest BCUT2D eigenvalue weighted by Gasteiger charge is 2.29. The summed E-state index contributed by atoms with van der Waals surface area (Å²) in [5.41, 5.74) is 2.21. The zero-order valence-electron chi connectivity index (χ0n) is 17.6. The molecule has 29 heavy (non-hydrogen) atoms. The number of ether oxygens (including phenoxy) is 1. The van der Waals surface area contributed by atoms with Crippen LogP contribution in [0.4, 0.5) is 4.79 Å². The second-order valence-electron chi connectivity index (χ2n) is 9.21. The Hall–Kier alpha value is -2.35. The van der Waals surface area contributed by atoms with E-state index in [1.807, 2.05) is 31.5 Å². The Kier molecular flexibility index (Phi) is 5.38. The average Bonchev–Trinajstić information content (AvgIpc) is 3.31. The number of carbonyl (C=O) groups is 1. The fraction of sp³-hybridized carbons (Fsp3) is 0.667. The molecule has 8 heteroatoms. The number of H-pyrrole nitrogens is 1. The summed E-state index contributed by atoms with van der Waals surface area (Å²) in [5.74, 6) is 0.193. The quantitative estimate of drug-likeness (QED) is 0.855. The van der Waals surface area contributed by atoms with Crippen molar-refractivity contribution in [3.63, 3.8) is 0 Å². The number of rotatable bonds is 3. The van der Waals surface area contributed by atoms with E-state index in [9.17, 15) is 9.59 Å². The topological polar surface area (TPSA) is 82.9 Å². The first kappa shape index (κ1) is 19.9. The normalized spacial score (nSPS) is 19.2. The minimum atomic E-state index is -0.492. The van der Waals surface area contributed by atoms with Crippen molar-refractivity contribution in [2.45, 2.75) is 64.5 Å². The molecule has 0 unspecified atom stereocenters. The van der Waals surface area contributed by atoms with Gasteiger partial charge >= 0.3 is 6.09 Å². The number of fused-ring (bicyclic) bond motifs is 1. The van der Waals surface area contributed by atoms with Gasteiger partial charge in [0.1, 0.15) is 11.2 Å². The average molecular weight is 402 g/mol. The lowest BCUT2D eigenvalue weighted by Gasteiger charge is -2.33. The van der Waals surface area contributed by atoms with Gasteiger partial charge in [-0.1, -0.05) is 0 Å². The van der Waals surface area contributed by atoms with Gasteiger partial charge in [-0.25, -0.2) is 9.31 Å². The van der Waals surface area contributed by atoms with Gasteiger partial charge in [0.25, 0.3) is 5.56 Å². The molecule has 2 aliphatic rings. The van der Waals surface area contributed by atoms with Gasteiger partial charge in [-0.2, -0.15) is 5.10 Å². The summed E-state index contributed by atoms with van der Waals surface area (Å²) in [6.45, 7) is 9.90. The third-order valence-electron chi connectivity index (χ3n) is 5.77. The van der Waals surface area contributed by atoms with Crippen LogP contribution >= 0.6 is 0 Å². The molecule has 0 atom stereocenters. The Morgan fingerprint density at radius 1 is 1.21 bits per heavy atom.